The van der Waals surface area contributed by atoms with Crippen LogP contribution in [0.25, 0.3) is 0 Å². The van der Waals surface area contributed by atoms with E-state index in [0.717, 1.165) is 44.1 Å². The molecule has 0 aromatic heterocycles. The highest BCUT2D eigenvalue weighted by molar-refractivity contribution is 5.85. The molecule has 0 unspecified atom stereocenters. The maximum Gasteiger partial charge on any atom is 0.260 e. The molecule has 2 aliphatic rings. The molecule has 1 aromatic carbocycles. The van der Waals surface area contributed by atoms with Crippen LogP contribution in [0.3, 0.4) is 0 Å². The molecule has 5 heteroatoms. The van der Waals surface area contributed by atoms with Crippen LogP contribution in [0.15, 0.2) is 24.3 Å². The van der Waals surface area contributed by atoms with Gasteiger partial charge in [0.05, 0.1) is 0 Å². The van der Waals surface area contributed by atoms with E-state index >= 15 is 0 Å². The number of nitrogens with zero attached hydrogens (tertiary/aromatic N) is 1. The second kappa shape index (κ2) is 8.55. The number of ether oxygens (including phenoxy) is 1. The lowest BCUT2D eigenvalue weighted by Gasteiger charge is -2.32. The van der Waals surface area contributed by atoms with E-state index in [4.69, 9.17) is 4.74 Å². The summed E-state index contributed by atoms with van der Waals surface area (Å²) in [5.41, 5.74) is 1.19. The summed E-state index contributed by atoms with van der Waals surface area (Å²) in [6.45, 7) is 5.03. The molecule has 0 spiro atoms. The summed E-state index contributed by atoms with van der Waals surface area (Å²) in [5.74, 6) is 1.78. The highest BCUT2D eigenvalue weighted by atomic mass is 35.5. The number of carbonyl (C=O) groups excluding carboxylic acids is 1. The molecule has 2 fully saturated rings. The topological polar surface area (TPSA) is 41.6 Å². The Morgan fingerprint density at radius 3 is 2.43 bits per heavy atom. The minimum atomic E-state index is 0. The largest absolute Gasteiger partial charge is 0.484 e. The minimum Gasteiger partial charge on any atom is -0.484 e. The molecular formula is C18H27ClN2O2. The average Bonchev–Trinajstić information content (AvgIpc) is 3.37. The van der Waals surface area contributed by atoms with Gasteiger partial charge in [0.15, 0.2) is 6.61 Å². The molecule has 1 heterocycles. The maximum atomic E-state index is 12.2. The molecule has 1 saturated carbocycles. The molecule has 0 atom stereocenters. The van der Waals surface area contributed by atoms with Gasteiger partial charge in [-0.25, -0.2) is 0 Å². The van der Waals surface area contributed by atoms with Gasteiger partial charge in [-0.15, -0.1) is 12.4 Å². The van der Waals surface area contributed by atoms with Crippen LogP contribution in [0.5, 0.6) is 5.75 Å². The van der Waals surface area contributed by atoms with Gasteiger partial charge in [-0.2, -0.15) is 0 Å². The van der Waals surface area contributed by atoms with Gasteiger partial charge < -0.3 is 15.0 Å². The number of hydrogen-bond donors (Lipinski definition) is 1. The third kappa shape index (κ3) is 5.70. The first-order valence-corrected chi connectivity index (χ1v) is 8.41. The Hall–Kier alpha value is -1.26. The molecule has 23 heavy (non-hydrogen) atoms. The second-order valence-electron chi connectivity index (χ2n) is 6.61. The molecule has 1 N–H and O–H groups in total. The van der Waals surface area contributed by atoms with Crippen molar-refractivity contribution in [1.82, 2.24) is 10.2 Å². The van der Waals surface area contributed by atoms with Crippen LogP contribution < -0.4 is 10.1 Å². The fourth-order valence-electron chi connectivity index (χ4n) is 2.86. The maximum absolute atomic E-state index is 12.2. The van der Waals surface area contributed by atoms with E-state index in [-0.39, 0.29) is 24.9 Å². The normalized spacial score (nSPS) is 18.4. The molecule has 0 bridgehead atoms. The zero-order chi connectivity index (χ0) is 15.4. The summed E-state index contributed by atoms with van der Waals surface area (Å²) in [6, 6.07) is 8.41. The summed E-state index contributed by atoms with van der Waals surface area (Å²) < 4.78 is 5.58. The number of carbonyl (C=O) groups is 1. The highest BCUT2D eigenvalue weighted by Crippen LogP contribution is 2.28. The monoisotopic (exact) mass is 338 g/mol. The number of piperidine rings is 1. The molecule has 3 rings (SSSR count). The Kier molecular flexibility index (Phi) is 6.72. The minimum absolute atomic E-state index is 0. The second-order valence-corrected chi connectivity index (χ2v) is 6.61. The standard InChI is InChI=1S/C18H26N2O2.ClH/c1-14-2-6-17(7-3-14)22-13-18(21)20-10-8-16(9-11-20)19-12-15-4-5-15;/h2-3,6-7,15-16,19H,4-5,8-13H2,1H3;1H. The number of halogens is 1. The van der Waals surface area contributed by atoms with E-state index in [1.54, 1.807) is 0 Å². The summed E-state index contributed by atoms with van der Waals surface area (Å²) in [6.07, 6.45) is 4.90. The van der Waals surface area contributed by atoms with Crippen molar-refractivity contribution >= 4 is 18.3 Å². The van der Waals surface area contributed by atoms with E-state index < -0.39 is 0 Å². The van der Waals surface area contributed by atoms with Crippen molar-refractivity contribution in [2.45, 2.75) is 38.6 Å². The zero-order valence-electron chi connectivity index (χ0n) is 13.8. The number of benzene rings is 1. The van der Waals surface area contributed by atoms with Gasteiger partial charge in [-0.05, 0) is 57.2 Å². The fourth-order valence-corrected chi connectivity index (χ4v) is 2.86. The Balaban J connectivity index is 0.00000192. The van der Waals surface area contributed by atoms with E-state index in [9.17, 15) is 4.79 Å². The number of nitrogens with one attached hydrogen (secondary N) is 1. The average molecular weight is 339 g/mol. The predicted octanol–water partition coefficient (Wildman–Crippen LogP) is 2.79. The van der Waals surface area contributed by atoms with Gasteiger partial charge in [0.25, 0.3) is 5.91 Å². The SMILES string of the molecule is Cc1ccc(OCC(=O)N2CCC(NCC3CC3)CC2)cc1.Cl. The number of amides is 1. The predicted molar refractivity (Wildman–Crippen MR) is 94.3 cm³/mol. The van der Waals surface area contributed by atoms with E-state index in [0.29, 0.717) is 6.04 Å². The van der Waals surface area contributed by atoms with Crippen LogP contribution in [0, 0.1) is 12.8 Å². The van der Waals surface area contributed by atoms with Crippen molar-refractivity contribution in [3.8, 4) is 5.75 Å². The Morgan fingerprint density at radius 2 is 1.83 bits per heavy atom. The van der Waals surface area contributed by atoms with E-state index in [1.165, 1.54) is 18.4 Å². The van der Waals surface area contributed by atoms with Crippen molar-refractivity contribution in [2.75, 3.05) is 26.2 Å². The summed E-state index contributed by atoms with van der Waals surface area (Å²) >= 11 is 0. The number of aryl methyl sites for hydroxylation is 1. The highest BCUT2D eigenvalue weighted by Gasteiger charge is 2.25. The van der Waals surface area contributed by atoms with Gasteiger partial charge in [0.1, 0.15) is 5.75 Å². The summed E-state index contributed by atoms with van der Waals surface area (Å²) in [5, 5.41) is 3.64. The van der Waals surface area contributed by atoms with E-state index in [1.807, 2.05) is 36.1 Å². The van der Waals surface area contributed by atoms with Gasteiger partial charge >= 0.3 is 0 Å². The first-order chi connectivity index (χ1) is 10.7. The van der Waals surface area contributed by atoms with Crippen LogP contribution >= 0.6 is 12.4 Å². The number of likely N-dealkylation sites (tertiary alicyclic amines) is 1. The fraction of sp³-hybridized carbons (Fsp3) is 0.611. The van der Waals surface area contributed by atoms with Crippen LogP contribution in [0.4, 0.5) is 0 Å². The first-order valence-electron chi connectivity index (χ1n) is 8.41. The molecular weight excluding hydrogens is 312 g/mol. The van der Waals surface area contributed by atoms with Gasteiger partial charge in [0.2, 0.25) is 0 Å². The number of hydrogen-bond acceptors (Lipinski definition) is 3. The number of rotatable bonds is 6. The lowest BCUT2D eigenvalue weighted by Crippen LogP contribution is -2.46. The zero-order valence-corrected chi connectivity index (χ0v) is 14.6. The third-order valence-corrected chi connectivity index (χ3v) is 4.62. The molecule has 1 aliphatic heterocycles. The van der Waals surface area contributed by atoms with Crippen LogP contribution in [-0.2, 0) is 4.79 Å². The van der Waals surface area contributed by atoms with E-state index in [2.05, 4.69) is 5.32 Å². The Bertz CT molecular complexity index is 494. The van der Waals surface area contributed by atoms with Crippen molar-refractivity contribution < 1.29 is 9.53 Å². The van der Waals surface area contributed by atoms with Gasteiger partial charge in [0, 0.05) is 19.1 Å². The first kappa shape index (κ1) is 18.1. The smallest absolute Gasteiger partial charge is 0.260 e. The third-order valence-electron chi connectivity index (χ3n) is 4.62. The van der Waals surface area contributed by atoms with Crippen molar-refractivity contribution in [1.29, 1.82) is 0 Å². The Morgan fingerprint density at radius 1 is 1.17 bits per heavy atom. The van der Waals surface area contributed by atoms with Crippen molar-refractivity contribution in [3.63, 3.8) is 0 Å². The van der Waals surface area contributed by atoms with Crippen molar-refractivity contribution in [3.05, 3.63) is 29.8 Å². The Labute approximate surface area is 145 Å². The van der Waals surface area contributed by atoms with Gasteiger partial charge in [-0.3, -0.25) is 4.79 Å². The van der Waals surface area contributed by atoms with Crippen LogP contribution in [0.2, 0.25) is 0 Å². The molecule has 0 radical (unpaired) electrons. The molecule has 4 nitrogen and oxygen atoms in total. The molecule has 1 saturated heterocycles. The van der Waals surface area contributed by atoms with Crippen molar-refractivity contribution in [2.24, 2.45) is 5.92 Å². The molecule has 1 amide bonds. The van der Waals surface area contributed by atoms with Gasteiger partial charge in [-0.1, -0.05) is 17.7 Å². The lowest BCUT2D eigenvalue weighted by atomic mass is 10.0. The van der Waals surface area contributed by atoms with Crippen LogP contribution in [0.1, 0.15) is 31.2 Å². The molecule has 128 valence electrons. The molecule has 1 aliphatic carbocycles. The van der Waals surface area contributed by atoms with Crippen LogP contribution in [-0.4, -0.2) is 43.1 Å². The quantitative estimate of drug-likeness (QED) is 0.867. The summed E-state index contributed by atoms with van der Waals surface area (Å²) in [4.78, 5) is 14.1. The molecule has 1 aromatic rings. The lowest BCUT2D eigenvalue weighted by molar-refractivity contribution is -0.134. The summed E-state index contributed by atoms with van der Waals surface area (Å²) in [7, 11) is 0.